The molecule has 6 heteroatoms. The van der Waals surface area contributed by atoms with Crippen molar-refractivity contribution in [2.45, 2.75) is 45.7 Å². The molecule has 4 rings (SSSR count). The molecule has 1 N–H and O–H groups in total. The topological polar surface area (TPSA) is 66.7 Å². The van der Waals surface area contributed by atoms with Crippen LogP contribution in [0.3, 0.4) is 0 Å². The van der Waals surface area contributed by atoms with E-state index in [1.165, 1.54) is 29.9 Å². The number of carbonyl (C=O) groups excluding carboxylic acids is 1. The van der Waals surface area contributed by atoms with Crippen LogP contribution in [0.15, 0.2) is 53.6 Å². The summed E-state index contributed by atoms with van der Waals surface area (Å²) in [4.78, 5) is 32.3. The van der Waals surface area contributed by atoms with Crippen LogP contribution in [0, 0.1) is 6.92 Å². The SMILES string of the molecule is Cc1cccn2c(=O)c(C(=O)Nc3cccc(CN4CCCC[C@@H]4C)c3)cnc12. The van der Waals surface area contributed by atoms with Crippen LogP contribution in [-0.2, 0) is 6.54 Å². The maximum absolute atomic E-state index is 12.7. The number of aryl methyl sites for hydroxylation is 1. The largest absolute Gasteiger partial charge is 0.322 e. The molecule has 0 bridgehead atoms. The fraction of sp³-hybridized carbons (Fsp3) is 0.348. The average molecular weight is 390 g/mol. The number of fused-ring (bicyclic) bond motifs is 1. The molecule has 1 atom stereocenters. The van der Waals surface area contributed by atoms with Gasteiger partial charge >= 0.3 is 0 Å². The maximum atomic E-state index is 12.7. The molecule has 0 spiro atoms. The summed E-state index contributed by atoms with van der Waals surface area (Å²) >= 11 is 0. The van der Waals surface area contributed by atoms with Crippen molar-refractivity contribution >= 4 is 17.2 Å². The molecule has 3 aromatic rings. The van der Waals surface area contributed by atoms with E-state index in [2.05, 4.69) is 28.2 Å². The second-order valence-corrected chi connectivity index (χ2v) is 7.83. The third-order valence-corrected chi connectivity index (χ3v) is 5.68. The predicted octanol–water partition coefficient (Wildman–Crippen LogP) is 3.63. The monoisotopic (exact) mass is 390 g/mol. The smallest absolute Gasteiger partial charge is 0.270 e. The van der Waals surface area contributed by atoms with Crippen molar-refractivity contribution in [2.24, 2.45) is 0 Å². The van der Waals surface area contributed by atoms with E-state index in [0.29, 0.717) is 17.4 Å². The molecular formula is C23H26N4O2. The van der Waals surface area contributed by atoms with Gasteiger partial charge in [0.1, 0.15) is 11.2 Å². The number of benzene rings is 1. The molecule has 1 aliphatic rings. The summed E-state index contributed by atoms with van der Waals surface area (Å²) in [5.74, 6) is -0.443. The van der Waals surface area contributed by atoms with Gasteiger partial charge in [-0.1, -0.05) is 24.6 Å². The van der Waals surface area contributed by atoms with Crippen LogP contribution in [0.1, 0.15) is 47.7 Å². The summed E-state index contributed by atoms with van der Waals surface area (Å²) in [6.45, 7) is 6.13. The minimum atomic E-state index is -0.443. The summed E-state index contributed by atoms with van der Waals surface area (Å²) in [5, 5.41) is 2.86. The Morgan fingerprint density at radius 2 is 2.10 bits per heavy atom. The highest BCUT2D eigenvalue weighted by Crippen LogP contribution is 2.20. The van der Waals surface area contributed by atoms with E-state index in [-0.39, 0.29) is 11.1 Å². The number of nitrogens with one attached hydrogen (secondary N) is 1. The number of hydrogen-bond acceptors (Lipinski definition) is 4. The molecule has 2 aromatic heterocycles. The normalized spacial score (nSPS) is 17.4. The van der Waals surface area contributed by atoms with Gasteiger partial charge in [0, 0.05) is 30.7 Å². The molecule has 1 amide bonds. The number of anilines is 1. The van der Waals surface area contributed by atoms with Crippen LogP contribution in [0.25, 0.3) is 5.65 Å². The number of rotatable bonds is 4. The van der Waals surface area contributed by atoms with Gasteiger partial charge in [-0.3, -0.25) is 18.9 Å². The van der Waals surface area contributed by atoms with E-state index in [9.17, 15) is 9.59 Å². The quantitative estimate of drug-likeness (QED) is 0.739. The second kappa shape index (κ2) is 8.17. The average Bonchev–Trinajstić information content (AvgIpc) is 2.71. The van der Waals surface area contributed by atoms with E-state index in [1.54, 1.807) is 12.3 Å². The lowest BCUT2D eigenvalue weighted by Crippen LogP contribution is -2.36. The zero-order valence-electron chi connectivity index (χ0n) is 16.9. The number of aromatic nitrogens is 2. The van der Waals surface area contributed by atoms with E-state index < -0.39 is 5.91 Å². The first-order valence-corrected chi connectivity index (χ1v) is 10.1. The highest BCUT2D eigenvalue weighted by atomic mass is 16.2. The molecule has 1 saturated heterocycles. The van der Waals surface area contributed by atoms with Crippen molar-refractivity contribution in [3.8, 4) is 0 Å². The summed E-state index contributed by atoms with van der Waals surface area (Å²) in [7, 11) is 0. The number of carbonyl (C=O) groups is 1. The summed E-state index contributed by atoms with van der Waals surface area (Å²) in [6.07, 6.45) is 6.75. The van der Waals surface area contributed by atoms with E-state index in [4.69, 9.17) is 0 Å². The number of likely N-dealkylation sites (tertiary alicyclic amines) is 1. The van der Waals surface area contributed by atoms with Gasteiger partial charge in [-0.15, -0.1) is 0 Å². The maximum Gasteiger partial charge on any atom is 0.270 e. The molecular weight excluding hydrogens is 364 g/mol. The van der Waals surface area contributed by atoms with Gasteiger partial charge in [0.25, 0.3) is 11.5 Å². The lowest BCUT2D eigenvalue weighted by atomic mass is 10.0. The lowest BCUT2D eigenvalue weighted by molar-refractivity contribution is 0.102. The molecule has 1 aromatic carbocycles. The molecule has 6 nitrogen and oxygen atoms in total. The summed E-state index contributed by atoms with van der Waals surface area (Å²) in [5.41, 5.74) is 2.95. The van der Waals surface area contributed by atoms with Crippen LogP contribution in [-0.4, -0.2) is 32.8 Å². The third kappa shape index (κ3) is 4.07. The van der Waals surface area contributed by atoms with Gasteiger partial charge in [0.2, 0.25) is 0 Å². The van der Waals surface area contributed by atoms with Gasteiger partial charge in [0.15, 0.2) is 0 Å². The molecule has 1 fully saturated rings. The van der Waals surface area contributed by atoms with Crippen molar-refractivity contribution in [2.75, 3.05) is 11.9 Å². The van der Waals surface area contributed by atoms with Crippen LogP contribution in [0.5, 0.6) is 0 Å². The summed E-state index contributed by atoms with van der Waals surface area (Å²) in [6, 6.07) is 12.1. The van der Waals surface area contributed by atoms with Crippen molar-refractivity contribution < 1.29 is 4.79 Å². The number of pyridine rings is 1. The van der Waals surface area contributed by atoms with Crippen LogP contribution < -0.4 is 10.9 Å². The molecule has 3 heterocycles. The Bertz CT molecular complexity index is 1110. The number of amides is 1. The van der Waals surface area contributed by atoms with Gasteiger partial charge in [-0.05, 0) is 62.6 Å². The Morgan fingerprint density at radius 1 is 1.24 bits per heavy atom. The molecule has 0 radical (unpaired) electrons. The van der Waals surface area contributed by atoms with Crippen LogP contribution in [0.4, 0.5) is 5.69 Å². The fourth-order valence-electron chi connectivity index (χ4n) is 3.98. The first-order valence-electron chi connectivity index (χ1n) is 10.1. The molecule has 29 heavy (non-hydrogen) atoms. The van der Waals surface area contributed by atoms with Gasteiger partial charge in [-0.2, -0.15) is 0 Å². The molecule has 0 saturated carbocycles. The number of piperidine rings is 1. The zero-order valence-corrected chi connectivity index (χ0v) is 16.9. The van der Waals surface area contributed by atoms with E-state index in [0.717, 1.165) is 24.2 Å². The highest BCUT2D eigenvalue weighted by molar-refractivity contribution is 6.04. The van der Waals surface area contributed by atoms with Gasteiger partial charge < -0.3 is 5.32 Å². The highest BCUT2D eigenvalue weighted by Gasteiger charge is 2.19. The summed E-state index contributed by atoms with van der Waals surface area (Å²) < 4.78 is 1.42. The predicted molar refractivity (Wildman–Crippen MR) is 114 cm³/mol. The Balaban J connectivity index is 1.54. The number of nitrogens with zero attached hydrogens (tertiary/aromatic N) is 3. The standard InChI is InChI=1S/C23H26N4O2/c1-16-7-6-12-27-21(16)24-14-20(23(27)29)22(28)25-19-10-5-9-18(13-19)15-26-11-4-3-8-17(26)2/h5-7,9-10,12-14,17H,3-4,8,11,15H2,1-2H3,(H,25,28)/t17-/m0/s1. The molecule has 150 valence electrons. The van der Waals surface area contributed by atoms with Crippen LogP contribution in [0.2, 0.25) is 0 Å². The van der Waals surface area contributed by atoms with E-state index in [1.807, 2.05) is 31.2 Å². The number of hydrogen-bond donors (Lipinski definition) is 1. The molecule has 0 aliphatic carbocycles. The first-order chi connectivity index (χ1) is 14.0. The third-order valence-electron chi connectivity index (χ3n) is 5.68. The Kier molecular flexibility index (Phi) is 5.45. The second-order valence-electron chi connectivity index (χ2n) is 7.83. The minimum absolute atomic E-state index is 0.0307. The van der Waals surface area contributed by atoms with Gasteiger partial charge in [-0.25, -0.2) is 4.98 Å². The Labute approximate surface area is 170 Å². The van der Waals surface area contributed by atoms with Crippen molar-refractivity contribution in [1.82, 2.24) is 14.3 Å². The lowest BCUT2D eigenvalue weighted by Gasteiger charge is -2.33. The Morgan fingerprint density at radius 3 is 2.93 bits per heavy atom. The molecule has 1 aliphatic heterocycles. The van der Waals surface area contributed by atoms with Crippen LogP contribution >= 0.6 is 0 Å². The zero-order chi connectivity index (χ0) is 20.4. The van der Waals surface area contributed by atoms with Crippen molar-refractivity contribution in [3.05, 3.63) is 75.8 Å². The van der Waals surface area contributed by atoms with Crippen molar-refractivity contribution in [3.63, 3.8) is 0 Å². The van der Waals surface area contributed by atoms with Crippen molar-refractivity contribution in [1.29, 1.82) is 0 Å². The Hall–Kier alpha value is -2.99. The minimum Gasteiger partial charge on any atom is -0.322 e. The van der Waals surface area contributed by atoms with Gasteiger partial charge in [0.05, 0.1) is 0 Å². The first kappa shape index (κ1) is 19.3. The fourth-order valence-corrected chi connectivity index (χ4v) is 3.98. The molecule has 0 unspecified atom stereocenters. The van der Waals surface area contributed by atoms with E-state index >= 15 is 0 Å².